The van der Waals surface area contributed by atoms with Crippen molar-refractivity contribution in [3.63, 3.8) is 0 Å². The Kier molecular flexibility index (Phi) is 7.77. The number of sulfonamides is 2. The van der Waals surface area contributed by atoms with Gasteiger partial charge in [0.15, 0.2) is 0 Å². The van der Waals surface area contributed by atoms with E-state index in [4.69, 9.17) is 0 Å². The minimum absolute atomic E-state index is 0.102. The molecule has 0 spiro atoms. The SMILES string of the molecule is Cc1ccc(S(=O)(=O)Nc2ccccc2N(C(=O)c2ccc(C(F)(F)F)cc2)S(=O)(=O)c2ccc(C)cc2)cc1. The second-order valence-corrected chi connectivity index (χ2v) is 12.4. The summed E-state index contributed by atoms with van der Waals surface area (Å²) in [7, 11) is -8.90. The number of hydrogen-bond acceptors (Lipinski definition) is 5. The number of para-hydroxylation sites is 2. The summed E-state index contributed by atoms with van der Waals surface area (Å²) in [4.78, 5) is 13.3. The van der Waals surface area contributed by atoms with E-state index in [0.29, 0.717) is 16.4 Å². The number of carbonyl (C=O) groups excluding carboxylic acids is 1. The molecule has 0 aliphatic heterocycles. The van der Waals surface area contributed by atoms with Gasteiger partial charge in [-0.15, -0.1) is 0 Å². The standard InChI is InChI=1S/C28H23F3N2O5S2/c1-19-7-15-23(16-8-19)39(35,36)32-25-5-3-4-6-26(25)33(40(37,38)24-17-9-20(2)10-18-24)27(34)21-11-13-22(14-12-21)28(29,30)31/h3-18,32H,1-2H3. The number of benzene rings is 4. The van der Waals surface area contributed by atoms with Crippen LogP contribution in [0.1, 0.15) is 27.0 Å². The molecule has 1 N–H and O–H groups in total. The molecule has 0 saturated carbocycles. The fourth-order valence-electron chi connectivity index (χ4n) is 3.74. The Morgan fingerprint density at radius 1 is 0.700 bits per heavy atom. The lowest BCUT2D eigenvalue weighted by molar-refractivity contribution is -0.137. The van der Waals surface area contributed by atoms with Crippen molar-refractivity contribution in [2.45, 2.75) is 29.8 Å². The fraction of sp³-hybridized carbons (Fsp3) is 0.107. The van der Waals surface area contributed by atoms with Crippen molar-refractivity contribution in [2.75, 3.05) is 9.03 Å². The van der Waals surface area contributed by atoms with Crippen molar-refractivity contribution in [2.24, 2.45) is 0 Å². The highest BCUT2D eigenvalue weighted by Gasteiger charge is 2.35. The normalized spacial score (nSPS) is 12.1. The van der Waals surface area contributed by atoms with Crippen LogP contribution >= 0.6 is 0 Å². The first-order chi connectivity index (χ1) is 18.7. The zero-order valence-electron chi connectivity index (χ0n) is 21.2. The van der Waals surface area contributed by atoms with Crippen molar-refractivity contribution in [3.05, 3.63) is 119 Å². The third kappa shape index (κ3) is 6.02. The van der Waals surface area contributed by atoms with Gasteiger partial charge in [-0.25, -0.2) is 16.8 Å². The molecule has 1 amide bonds. The Morgan fingerprint density at radius 3 is 1.73 bits per heavy atom. The number of halogens is 3. The van der Waals surface area contributed by atoms with Crippen molar-refractivity contribution in [1.29, 1.82) is 0 Å². The van der Waals surface area contributed by atoms with Gasteiger partial charge in [0.2, 0.25) is 0 Å². The van der Waals surface area contributed by atoms with Crippen LogP contribution in [-0.4, -0.2) is 22.7 Å². The molecule has 4 aromatic carbocycles. The molecule has 0 fully saturated rings. The zero-order valence-corrected chi connectivity index (χ0v) is 22.8. The van der Waals surface area contributed by atoms with Crippen LogP contribution in [0.2, 0.25) is 0 Å². The van der Waals surface area contributed by atoms with Gasteiger partial charge < -0.3 is 0 Å². The molecular formula is C28H23F3N2O5S2. The van der Waals surface area contributed by atoms with Gasteiger partial charge in [-0.05, 0) is 74.5 Å². The first-order valence-corrected chi connectivity index (χ1v) is 14.6. The lowest BCUT2D eigenvalue weighted by Gasteiger charge is -2.25. The molecule has 0 heterocycles. The highest BCUT2D eigenvalue weighted by Crippen LogP contribution is 2.35. The molecule has 0 aliphatic carbocycles. The lowest BCUT2D eigenvalue weighted by Crippen LogP contribution is -2.37. The fourth-order valence-corrected chi connectivity index (χ4v) is 6.25. The number of aryl methyl sites for hydroxylation is 2. The molecule has 0 radical (unpaired) electrons. The van der Waals surface area contributed by atoms with Gasteiger partial charge in [0, 0.05) is 5.56 Å². The number of nitrogens with one attached hydrogen (secondary N) is 1. The molecule has 4 rings (SSSR count). The van der Waals surface area contributed by atoms with Crippen molar-refractivity contribution < 1.29 is 34.8 Å². The van der Waals surface area contributed by atoms with Crippen molar-refractivity contribution >= 4 is 37.3 Å². The van der Waals surface area contributed by atoms with E-state index in [2.05, 4.69) is 4.72 Å². The molecule has 4 aromatic rings. The van der Waals surface area contributed by atoms with Crippen molar-refractivity contribution in [3.8, 4) is 0 Å². The summed E-state index contributed by atoms with van der Waals surface area (Å²) in [5, 5.41) is 0. The van der Waals surface area contributed by atoms with E-state index < -0.39 is 37.7 Å². The second-order valence-electron chi connectivity index (χ2n) is 8.90. The number of carbonyl (C=O) groups is 1. The average molecular weight is 589 g/mol. The van der Waals surface area contributed by atoms with E-state index >= 15 is 0 Å². The minimum atomic E-state index is -4.68. The van der Waals surface area contributed by atoms with E-state index in [-0.39, 0.29) is 26.7 Å². The minimum Gasteiger partial charge on any atom is -0.277 e. The van der Waals surface area contributed by atoms with Crippen LogP contribution < -0.4 is 9.03 Å². The Hall–Kier alpha value is -4.16. The second kappa shape index (κ2) is 10.8. The maximum Gasteiger partial charge on any atom is 0.416 e. The van der Waals surface area contributed by atoms with E-state index in [0.717, 1.165) is 23.3 Å². The van der Waals surface area contributed by atoms with E-state index in [1.807, 2.05) is 0 Å². The van der Waals surface area contributed by atoms with Crippen LogP contribution in [0.4, 0.5) is 24.5 Å². The van der Waals surface area contributed by atoms with E-state index in [1.165, 1.54) is 60.7 Å². The monoisotopic (exact) mass is 588 g/mol. The third-order valence-electron chi connectivity index (χ3n) is 5.90. The lowest BCUT2D eigenvalue weighted by atomic mass is 10.1. The Bertz CT molecular complexity index is 1750. The van der Waals surface area contributed by atoms with Crippen LogP contribution in [0.25, 0.3) is 0 Å². The van der Waals surface area contributed by atoms with Crippen molar-refractivity contribution in [1.82, 2.24) is 0 Å². The van der Waals surface area contributed by atoms with Gasteiger partial charge in [0.05, 0.1) is 26.7 Å². The predicted octanol–water partition coefficient (Wildman–Crippen LogP) is 6.16. The number of rotatable bonds is 7. The molecule has 0 saturated heterocycles. The predicted molar refractivity (Wildman–Crippen MR) is 145 cm³/mol. The summed E-state index contributed by atoms with van der Waals surface area (Å²) in [5.41, 5.74) is -0.409. The summed E-state index contributed by atoms with van der Waals surface area (Å²) in [6, 6.07) is 19.9. The Morgan fingerprint density at radius 2 is 1.20 bits per heavy atom. The number of hydrogen-bond donors (Lipinski definition) is 1. The summed E-state index contributed by atoms with van der Waals surface area (Å²) in [6.45, 7) is 3.51. The van der Waals surface area contributed by atoms with Crippen LogP contribution in [-0.2, 0) is 26.2 Å². The molecule has 0 unspecified atom stereocenters. The quantitative estimate of drug-likeness (QED) is 0.279. The largest absolute Gasteiger partial charge is 0.416 e. The summed E-state index contributed by atoms with van der Waals surface area (Å²) in [6.07, 6.45) is -4.67. The van der Waals surface area contributed by atoms with Gasteiger partial charge in [0.1, 0.15) is 0 Å². The van der Waals surface area contributed by atoms with Crippen LogP contribution in [0.3, 0.4) is 0 Å². The number of alkyl halides is 3. The molecule has 40 heavy (non-hydrogen) atoms. The van der Waals surface area contributed by atoms with Gasteiger partial charge >= 0.3 is 6.18 Å². The smallest absolute Gasteiger partial charge is 0.277 e. The first-order valence-electron chi connectivity index (χ1n) is 11.7. The molecule has 0 aromatic heterocycles. The van der Waals surface area contributed by atoms with Gasteiger partial charge in [0.25, 0.3) is 26.0 Å². The number of anilines is 2. The molecule has 7 nitrogen and oxygen atoms in total. The van der Waals surface area contributed by atoms with E-state index in [9.17, 15) is 34.8 Å². The molecule has 208 valence electrons. The molecular weight excluding hydrogens is 565 g/mol. The zero-order chi connectivity index (χ0) is 29.3. The molecule has 12 heteroatoms. The summed E-state index contributed by atoms with van der Waals surface area (Å²) in [5.74, 6) is -1.18. The third-order valence-corrected chi connectivity index (χ3v) is 8.99. The van der Waals surface area contributed by atoms with Crippen LogP contribution in [0.5, 0.6) is 0 Å². The van der Waals surface area contributed by atoms with Crippen LogP contribution in [0.15, 0.2) is 107 Å². The van der Waals surface area contributed by atoms with Gasteiger partial charge in [-0.2, -0.15) is 17.5 Å². The Balaban J connectivity index is 1.86. The molecule has 0 bridgehead atoms. The average Bonchev–Trinajstić information content (AvgIpc) is 2.89. The van der Waals surface area contributed by atoms with Crippen LogP contribution in [0, 0.1) is 13.8 Å². The maximum absolute atomic E-state index is 13.9. The molecule has 0 atom stereocenters. The van der Waals surface area contributed by atoms with Gasteiger partial charge in [-0.3, -0.25) is 9.52 Å². The summed E-state index contributed by atoms with van der Waals surface area (Å²) >= 11 is 0. The summed E-state index contributed by atoms with van der Waals surface area (Å²) < 4.78 is 96.0. The highest BCUT2D eigenvalue weighted by molar-refractivity contribution is 7.94. The first kappa shape index (κ1) is 28.8. The van der Waals surface area contributed by atoms with E-state index in [1.54, 1.807) is 26.0 Å². The highest BCUT2D eigenvalue weighted by atomic mass is 32.2. The number of amides is 1. The Labute approximate surface area is 230 Å². The van der Waals surface area contributed by atoms with Gasteiger partial charge in [-0.1, -0.05) is 47.5 Å². The maximum atomic E-state index is 13.9. The topological polar surface area (TPSA) is 101 Å². The molecule has 0 aliphatic rings. The number of nitrogens with zero attached hydrogens (tertiary/aromatic N) is 1.